The minimum absolute atomic E-state index is 0.605. The molecule has 2 heterocycles. The molecule has 0 bridgehead atoms. The SMILES string of the molecule is CC1CN(CCc2cccnc2)C(C(C)C)CN1. The van der Waals surface area contributed by atoms with Gasteiger partial charge in [-0.25, -0.2) is 0 Å². The summed E-state index contributed by atoms with van der Waals surface area (Å²) < 4.78 is 0. The monoisotopic (exact) mass is 247 g/mol. The van der Waals surface area contributed by atoms with Crippen LogP contribution in [0.3, 0.4) is 0 Å². The van der Waals surface area contributed by atoms with E-state index in [2.05, 4.69) is 42.0 Å². The molecule has 2 rings (SSSR count). The standard InChI is InChI=1S/C15H25N3/c1-12(2)15-10-17-13(3)11-18(15)8-6-14-5-4-7-16-9-14/h4-5,7,9,12-13,15,17H,6,8,10-11H2,1-3H3. The molecule has 3 heteroatoms. The summed E-state index contributed by atoms with van der Waals surface area (Å²) in [5, 5.41) is 3.59. The molecule has 0 spiro atoms. The first-order valence-corrected chi connectivity index (χ1v) is 7.03. The summed E-state index contributed by atoms with van der Waals surface area (Å²) in [6.07, 6.45) is 4.92. The first kappa shape index (κ1) is 13.5. The molecular formula is C15H25N3. The molecule has 1 aromatic rings. The Hall–Kier alpha value is -0.930. The molecule has 0 amide bonds. The lowest BCUT2D eigenvalue weighted by Gasteiger charge is -2.41. The average molecular weight is 247 g/mol. The molecule has 1 aliphatic heterocycles. The molecule has 18 heavy (non-hydrogen) atoms. The van der Waals surface area contributed by atoms with Gasteiger partial charge in [-0.1, -0.05) is 19.9 Å². The van der Waals surface area contributed by atoms with Crippen molar-refractivity contribution < 1.29 is 0 Å². The molecule has 3 nitrogen and oxygen atoms in total. The number of aromatic nitrogens is 1. The van der Waals surface area contributed by atoms with Crippen LogP contribution >= 0.6 is 0 Å². The Morgan fingerprint density at radius 1 is 1.50 bits per heavy atom. The van der Waals surface area contributed by atoms with E-state index in [9.17, 15) is 0 Å². The van der Waals surface area contributed by atoms with Gasteiger partial charge < -0.3 is 5.32 Å². The van der Waals surface area contributed by atoms with E-state index in [0.29, 0.717) is 18.0 Å². The van der Waals surface area contributed by atoms with E-state index in [-0.39, 0.29) is 0 Å². The highest BCUT2D eigenvalue weighted by molar-refractivity contribution is 5.09. The number of piperazine rings is 1. The predicted octanol–water partition coefficient (Wildman–Crippen LogP) is 1.94. The van der Waals surface area contributed by atoms with Crippen LogP contribution in [0.15, 0.2) is 24.5 Å². The van der Waals surface area contributed by atoms with Crippen LogP contribution in [-0.2, 0) is 6.42 Å². The molecule has 1 saturated heterocycles. The van der Waals surface area contributed by atoms with E-state index >= 15 is 0 Å². The lowest BCUT2D eigenvalue weighted by atomic mass is 9.98. The third-order valence-corrected chi connectivity index (χ3v) is 3.83. The third kappa shape index (κ3) is 3.53. The first-order valence-electron chi connectivity index (χ1n) is 7.03. The van der Waals surface area contributed by atoms with Gasteiger partial charge >= 0.3 is 0 Å². The molecule has 1 aromatic heterocycles. The molecule has 0 aromatic carbocycles. The maximum atomic E-state index is 4.19. The van der Waals surface area contributed by atoms with Gasteiger partial charge in [-0.3, -0.25) is 9.88 Å². The molecule has 2 unspecified atom stereocenters. The highest BCUT2D eigenvalue weighted by atomic mass is 15.2. The van der Waals surface area contributed by atoms with Crippen LogP contribution in [0.2, 0.25) is 0 Å². The van der Waals surface area contributed by atoms with E-state index in [1.807, 2.05) is 18.5 Å². The Kier molecular flexibility index (Phi) is 4.72. The van der Waals surface area contributed by atoms with Crippen LogP contribution < -0.4 is 5.32 Å². The zero-order valence-corrected chi connectivity index (χ0v) is 11.8. The molecule has 1 aliphatic rings. The van der Waals surface area contributed by atoms with Crippen molar-refractivity contribution in [2.75, 3.05) is 19.6 Å². The van der Waals surface area contributed by atoms with Gasteiger partial charge in [-0.2, -0.15) is 0 Å². The Morgan fingerprint density at radius 2 is 2.33 bits per heavy atom. The fraction of sp³-hybridized carbons (Fsp3) is 0.667. The molecular weight excluding hydrogens is 222 g/mol. The third-order valence-electron chi connectivity index (χ3n) is 3.83. The summed E-state index contributed by atoms with van der Waals surface area (Å²) in [5.74, 6) is 0.707. The Morgan fingerprint density at radius 3 is 3.00 bits per heavy atom. The molecule has 0 saturated carbocycles. The molecule has 2 atom stereocenters. The van der Waals surface area contributed by atoms with Crippen LogP contribution in [0.4, 0.5) is 0 Å². The van der Waals surface area contributed by atoms with Gasteiger partial charge in [0.2, 0.25) is 0 Å². The summed E-state index contributed by atoms with van der Waals surface area (Å²) in [4.78, 5) is 6.82. The zero-order chi connectivity index (χ0) is 13.0. The van der Waals surface area contributed by atoms with Gasteiger partial charge in [0.25, 0.3) is 0 Å². The minimum Gasteiger partial charge on any atom is -0.311 e. The van der Waals surface area contributed by atoms with Crippen LogP contribution in [0, 0.1) is 5.92 Å². The van der Waals surface area contributed by atoms with Crippen molar-refractivity contribution in [2.45, 2.75) is 39.3 Å². The summed E-state index contributed by atoms with van der Waals surface area (Å²) in [6, 6.07) is 5.46. The van der Waals surface area contributed by atoms with Crippen LogP contribution in [-0.4, -0.2) is 41.6 Å². The Labute approximate surface area is 111 Å². The normalized spacial score (nSPS) is 25.6. The van der Waals surface area contributed by atoms with Crippen molar-refractivity contribution in [2.24, 2.45) is 5.92 Å². The summed E-state index contributed by atoms with van der Waals surface area (Å²) in [6.45, 7) is 10.3. The summed E-state index contributed by atoms with van der Waals surface area (Å²) in [5.41, 5.74) is 1.34. The predicted molar refractivity (Wildman–Crippen MR) is 75.6 cm³/mol. The smallest absolute Gasteiger partial charge is 0.0300 e. The van der Waals surface area contributed by atoms with Crippen LogP contribution in [0.1, 0.15) is 26.3 Å². The number of hydrogen-bond acceptors (Lipinski definition) is 3. The van der Waals surface area contributed by atoms with Gasteiger partial charge in [-0.05, 0) is 30.9 Å². The molecule has 0 aliphatic carbocycles. The van der Waals surface area contributed by atoms with Crippen molar-refractivity contribution in [1.29, 1.82) is 0 Å². The fourth-order valence-electron chi connectivity index (χ4n) is 2.74. The van der Waals surface area contributed by atoms with E-state index < -0.39 is 0 Å². The van der Waals surface area contributed by atoms with Gasteiger partial charge in [0.05, 0.1) is 0 Å². The average Bonchev–Trinajstić information content (AvgIpc) is 2.37. The summed E-state index contributed by atoms with van der Waals surface area (Å²) in [7, 11) is 0. The summed E-state index contributed by atoms with van der Waals surface area (Å²) >= 11 is 0. The van der Waals surface area contributed by atoms with Gasteiger partial charge in [0.15, 0.2) is 0 Å². The largest absolute Gasteiger partial charge is 0.311 e. The van der Waals surface area contributed by atoms with Gasteiger partial charge in [-0.15, -0.1) is 0 Å². The van der Waals surface area contributed by atoms with Crippen molar-refractivity contribution in [3.05, 3.63) is 30.1 Å². The zero-order valence-electron chi connectivity index (χ0n) is 11.8. The molecule has 0 radical (unpaired) electrons. The van der Waals surface area contributed by atoms with E-state index in [1.165, 1.54) is 5.56 Å². The number of rotatable bonds is 4. The van der Waals surface area contributed by atoms with Crippen molar-refractivity contribution in [3.8, 4) is 0 Å². The molecule has 100 valence electrons. The highest BCUT2D eigenvalue weighted by Gasteiger charge is 2.27. The minimum atomic E-state index is 0.605. The highest BCUT2D eigenvalue weighted by Crippen LogP contribution is 2.15. The lowest BCUT2D eigenvalue weighted by Crippen LogP contribution is -2.57. The van der Waals surface area contributed by atoms with E-state index in [4.69, 9.17) is 0 Å². The Balaban J connectivity index is 1.92. The molecule has 1 N–H and O–H groups in total. The molecule has 1 fully saturated rings. The van der Waals surface area contributed by atoms with Gasteiger partial charge in [0, 0.05) is 44.1 Å². The van der Waals surface area contributed by atoms with Crippen LogP contribution in [0.5, 0.6) is 0 Å². The van der Waals surface area contributed by atoms with Crippen molar-refractivity contribution >= 4 is 0 Å². The quantitative estimate of drug-likeness (QED) is 0.881. The number of hydrogen-bond donors (Lipinski definition) is 1. The second-order valence-electron chi connectivity index (χ2n) is 5.73. The van der Waals surface area contributed by atoms with E-state index in [0.717, 1.165) is 26.1 Å². The maximum Gasteiger partial charge on any atom is 0.0300 e. The van der Waals surface area contributed by atoms with E-state index in [1.54, 1.807) is 0 Å². The fourth-order valence-corrected chi connectivity index (χ4v) is 2.74. The Bertz CT molecular complexity index is 350. The maximum absolute atomic E-state index is 4.19. The van der Waals surface area contributed by atoms with Crippen molar-refractivity contribution in [1.82, 2.24) is 15.2 Å². The second kappa shape index (κ2) is 6.30. The first-order chi connectivity index (χ1) is 8.66. The van der Waals surface area contributed by atoms with Crippen molar-refractivity contribution in [3.63, 3.8) is 0 Å². The number of nitrogens with one attached hydrogen (secondary N) is 1. The van der Waals surface area contributed by atoms with Crippen LogP contribution in [0.25, 0.3) is 0 Å². The number of pyridine rings is 1. The lowest BCUT2D eigenvalue weighted by molar-refractivity contribution is 0.104. The topological polar surface area (TPSA) is 28.2 Å². The second-order valence-corrected chi connectivity index (χ2v) is 5.73. The van der Waals surface area contributed by atoms with Gasteiger partial charge in [0.1, 0.15) is 0 Å². The number of nitrogens with zero attached hydrogens (tertiary/aromatic N) is 2.